The Morgan fingerprint density at radius 1 is 1.33 bits per heavy atom. The third kappa shape index (κ3) is 4.37. The van der Waals surface area contributed by atoms with E-state index in [1.807, 2.05) is 6.07 Å². The van der Waals surface area contributed by atoms with Gasteiger partial charge in [-0.2, -0.15) is 0 Å². The molecule has 0 spiro atoms. The molecule has 1 atom stereocenters. The first-order chi connectivity index (χ1) is 10.1. The van der Waals surface area contributed by atoms with Crippen LogP contribution < -0.4 is 10.6 Å². The van der Waals surface area contributed by atoms with Crippen LogP contribution >= 0.6 is 11.3 Å². The Bertz CT molecular complexity index is 627. The number of carboxylic acid groups (broad SMARTS) is 1. The van der Waals surface area contributed by atoms with E-state index in [1.165, 1.54) is 18.3 Å². The fourth-order valence-electron chi connectivity index (χ4n) is 1.80. The molecule has 0 saturated carbocycles. The number of nitrogens with zero attached hydrogens (tertiary/aromatic N) is 1. The van der Waals surface area contributed by atoms with Crippen LogP contribution in [-0.2, 0) is 16.1 Å². The molecule has 0 aliphatic rings. The highest BCUT2D eigenvalue weighted by atomic mass is 32.1. The molecular weight excluding hydrogens is 290 g/mol. The van der Waals surface area contributed by atoms with Crippen molar-refractivity contribution in [2.24, 2.45) is 0 Å². The summed E-state index contributed by atoms with van der Waals surface area (Å²) in [4.78, 5) is 26.5. The molecule has 1 aromatic carbocycles. The van der Waals surface area contributed by atoms with E-state index in [2.05, 4.69) is 15.6 Å². The zero-order valence-electron chi connectivity index (χ0n) is 11.4. The number of carbonyl (C=O) groups is 2. The number of nitrogens with one attached hydrogen (secondary N) is 2. The van der Waals surface area contributed by atoms with Gasteiger partial charge in [0.15, 0.2) is 5.13 Å². The Morgan fingerprint density at radius 3 is 2.67 bits per heavy atom. The minimum Gasteiger partial charge on any atom is -0.480 e. The van der Waals surface area contributed by atoms with Gasteiger partial charge in [-0.05, 0) is 5.56 Å². The Labute approximate surface area is 125 Å². The van der Waals surface area contributed by atoms with Gasteiger partial charge in [0.05, 0.1) is 5.69 Å². The number of hydrogen-bond acceptors (Lipinski definition) is 5. The summed E-state index contributed by atoms with van der Waals surface area (Å²) >= 11 is 1.30. The third-order valence-corrected chi connectivity index (χ3v) is 3.51. The van der Waals surface area contributed by atoms with Gasteiger partial charge in [0.2, 0.25) is 5.91 Å². The van der Waals surface area contributed by atoms with E-state index in [1.54, 1.807) is 29.6 Å². The largest absolute Gasteiger partial charge is 0.480 e. The van der Waals surface area contributed by atoms with Crippen LogP contribution in [0.25, 0.3) is 0 Å². The van der Waals surface area contributed by atoms with Gasteiger partial charge in [0, 0.05) is 18.8 Å². The Morgan fingerprint density at radius 2 is 2.05 bits per heavy atom. The van der Waals surface area contributed by atoms with Gasteiger partial charge in [-0.25, -0.2) is 4.98 Å². The van der Waals surface area contributed by atoms with Gasteiger partial charge in [-0.15, -0.1) is 11.3 Å². The summed E-state index contributed by atoms with van der Waals surface area (Å²) in [5.41, 5.74) is 1.37. The second kappa shape index (κ2) is 6.96. The van der Waals surface area contributed by atoms with Crippen LogP contribution in [0.5, 0.6) is 0 Å². The molecule has 0 bridgehead atoms. The zero-order valence-corrected chi connectivity index (χ0v) is 12.2. The predicted octanol–water partition coefficient (Wildman–Crippen LogP) is 2.02. The molecule has 1 aromatic heterocycles. The topological polar surface area (TPSA) is 91.3 Å². The van der Waals surface area contributed by atoms with Gasteiger partial charge < -0.3 is 10.4 Å². The number of amides is 1. The minimum atomic E-state index is -0.946. The minimum absolute atomic E-state index is 0.184. The van der Waals surface area contributed by atoms with Crippen LogP contribution in [0.2, 0.25) is 0 Å². The van der Waals surface area contributed by atoms with Crippen molar-refractivity contribution in [2.75, 3.05) is 5.32 Å². The van der Waals surface area contributed by atoms with Crippen LogP contribution in [0.3, 0.4) is 0 Å². The second-order valence-electron chi connectivity index (χ2n) is 4.39. The number of thiazole rings is 1. The van der Waals surface area contributed by atoms with Crippen molar-refractivity contribution >= 4 is 28.3 Å². The van der Waals surface area contributed by atoms with Crippen LogP contribution in [0.1, 0.15) is 24.2 Å². The fraction of sp³-hybridized carbons (Fsp3) is 0.214. The molecule has 1 unspecified atom stereocenters. The summed E-state index contributed by atoms with van der Waals surface area (Å²) in [6, 6.07) is 8.15. The molecule has 0 fully saturated rings. The van der Waals surface area contributed by atoms with E-state index < -0.39 is 12.0 Å². The summed E-state index contributed by atoms with van der Waals surface area (Å²) in [5, 5.41) is 17.1. The van der Waals surface area contributed by atoms with Crippen LogP contribution in [-0.4, -0.2) is 22.0 Å². The predicted molar refractivity (Wildman–Crippen MR) is 80.1 cm³/mol. The molecule has 0 aliphatic carbocycles. The molecule has 2 rings (SSSR count). The Kier molecular flexibility index (Phi) is 5.02. The van der Waals surface area contributed by atoms with Crippen LogP contribution in [0, 0.1) is 0 Å². The number of aromatic nitrogens is 1. The summed E-state index contributed by atoms with van der Waals surface area (Å²) in [6.45, 7) is 1.72. The summed E-state index contributed by atoms with van der Waals surface area (Å²) in [6.07, 6.45) is 0. The van der Waals surface area contributed by atoms with Crippen LogP contribution in [0.15, 0.2) is 35.7 Å². The van der Waals surface area contributed by atoms with Crippen molar-refractivity contribution in [3.8, 4) is 0 Å². The zero-order chi connectivity index (χ0) is 15.2. The van der Waals surface area contributed by atoms with Crippen molar-refractivity contribution in [1.82, 2.24) is 10.3 Å². The molecule has 0 saturated heterocycles. The first kappa shape index (κ1) is 15.1. The highest BCUT2D eigenvalue weighted by Crippen LogP contribution is 2.17. The standard InChI is InChI=1S/C14H15N3O3S/c1-9(18)16-14-17-11(8-21-14)7-15-12(13(19)20)10-5-3-2-4-6-10/h2-6,8,12,15H,7H2,1H3,(H,19,20)(H,16,17,18). The molecule has 21 heavy (non-hydrogen) atoms. The first-order valence-corrected chi connectivity index (χ1v) is 7.17. The average Bonchev–Trinajstić information content (AvgIpc) is 2.86. The number of anilines is 1. The molecule has 7 heteroatoms. The summed E-state index contributed by atoms with van der Waals surface area (Å²) < 4.78 is 0. The van der Waals surface area contributed by atoms with Crippen molar-refractivity contribution in [1.29, 1.82) is 0 Å². The van der Waals surface area contributed by atoms with E-state index in [9.17, 15) is 14.7 Å². The van der Waals surface area contributed by atoms with Crippen molar-refractivity contribution in [3.63, 3.8) is 0 Å². The number of carboxylic acids is 1. The molecule has 0 radical (unpaired) electrons. The molecule has 110 valence electrons. The summed E-state index contributed by atoms with van der Waals surface area (Å²) in [5.74, 6) is -1.13. The van der Waals surface area contributed by atoms with E-state index in [4.69, 9.17) is 0 Å². The van der Waals surface area contributed by atoms with Gasteiger partial charge in [0.25, 0.3) is 0 Å². The van der Waals surface area contributed by atoms with E-state index in [0.717, 1.165) is 0 Å². The fourth-order valence-corrected chi connectivity index (χ4v) is 2.55. The van der Waals surface area contributed by atoms with Gasteiger partial charge in [-0.1, -0.05) is 30.3 Å². The molecular formula is C14H15N3O3S. The summed E-state index contributed by atoms with van der Waals surface area (Å²) in [7, 11) is 0. The Balaban J connectivity index is 2.01. The number of carbonyl (C=O) groups excluding carboxylic acids is 1. The smallest absolute Gasteiger partial charge is 0.325 e. The van der Waals surface area contributed by atoms with Crippen molar-refractivity contribution in [3.05, 3.63) is 47.0 Å². The van der Waals surface area contributed by atoms with Crippen molar-refractivity contribution < 1.29 is 14.7 Å². The SMILES string of the molecule is CC(=O)Nc1nc(CNC(C(=O)O)c2ccccc2)cs1. The maximum Gasteiger partial charge on any atom is 0.325 e. The maximum atomic E-state index is 11.3. The normalized spacial score (nSPS) is 11.9. The number of benzene rings is 1. The number of aliphatic carboxylic acids is 1. The average molecular weight is 305 g/mol. The van der Waals surface area contributed by atoms with Gasteiger partial charge in [-0.3, -0.25) is 14.9 Å². The lowest BCUT2D eigenvalue weighted by molar-refractivity contribution is -0.139. The monoisotopic (exact) mass is 305 g/mol. The molecule has 6 nitrogen and oxygen atoms in total. The van der Waals surface area contributed by atoms with E-state index in [0.29, 0.717) is 22.9 Å². The Hall–Kier alpha value is -2.25. The second-order valence-corrected chi connectivity index (χ2v) is 5.25. The molecule has 1 amide bonds. The number of rotatable bonds is 6. The molecule has 2 aromatic rings. The highest BCUT2D eigenvalue weighted by molar-refractivity contribution is 7.13. The third-order valence-electron chi connectivity index (χ3n) is 2.70. The van der Waals surface area contributed by atoms with Gasteiger partial charge in [0.1, 0.15) is 6.04 Å². The maximum absolute atomic E-state index is 11.3. The molecule has 1 heterocycles. The van der Waals surface area contributed by atoms with Crippen molar-refractivity contribution in [2.45, 2.75) is 19.5 Å². The lowest BCUT2D eigenvalue weighted by Crippen LogP contribution is -2.28. The number of hydrogen-bond donors (Lipinski definition) is 3. The highest BCUT2D eigenvalue weighted by Gasteiger charge is 2.19. The quantitative estimate of drug-likeness (QED) is 0.759. The lowest BCUT2D eigenvalue weighted by atomic mass is 10.1. The van der Waals surface area contributed by atoms with Gasteiger partial charge >= 0.3 is 5.97 Å². The molecule has 3 N–H and O–H groups in total. The van der Waals surface area contributed by atoms with E-state index in [-0.39, 0.29) is 5.91 Å². The van der Waals surface area contributed by atoms with Crippen LogP contribution in [0.4, 0.5) is 5.13 Å². The lowest BCUT2D eigenvalue weighted by Gasteiger charge is -2.13. The molecule has 0 aliphatic heterocycles. The first-order valence-electron chi connectivity index (χ1n) is 6.29. The van der Waals surface area contributed by atoms with E-state index >= 15 is 0 Å².